The maximum atomic E-state index is 13.3. The van der Waals surface area contributed by atoms with Crippen LogP contribution in [0.3, 0.4) is 0 Å². The molecule has 0 rings (SSSR count). The van der Waals surface area contributed by atoms with E-state index in [4.69, 9.17) is 9.47 Å². The Bertz CT molecular complexity index is 883. The van der Waals surface area contributed by atoms with E-state index in [9.17, 15) is 19.2 Å². The molecule has 0 bridgehead atoms. The van der Waals surface area contributed by atoms with Crippen LogP contribution in [-0.2, 0) is 28.7 Å². The average molecular weight is 781 g/mol. The molecule has 0 aromatic heterocycles. The number of ether oxygens (including phenoxy) is 2. The topological polar surface area (TPSA) is 98.8 Å². The third-order valence-electron chi connectivity index (χ3n) is 10.4. The fourth-order valence-electron chi connectivity index (χ4n) is 6.83. The van der Waals surface area contributed by atoms with Crippen LogP contribution in [0.2, 0.25) is 0 Å². The van der Waals surface area contributed by atoms with Gasteiger partial charge >= 0.3 is 11.9 Å². The zero-order chi connectivity index (χ0) is 39.7. The van der Waals surface area contributed by atoms with Gasteiger partial charge in [-0.2, -0.15) is 12.6 Å². The summed E-state index contributed by atoms with van der Waals surface area (Å²) in [4.78, 5) is 51.3. The Morgan fingerprint density at radius 3 is 1.19 bits per heavy atom. The number of hydrogen-bond donors (Lipinski definition) is 2. The highest BCUT2D eigenvalue weighted by molar-refractivity contribution is 7.80. The molecule has 0 saturated heterocycles. The molecular formula is C46H86NO6S. The maximum absolute atomic E-state index is 13.3. The van der Waals surface area contributed by atoms with Gasteiger partial charge in [-0.3, -0.25) is 19.2 Å². The van der Waals surface area contributed by atoms with Crippen LogP contribution in [0.1, 0.15) is 239 Å². The molecule has 8 heteroatoms. The minimum Gasteiger partial charge on any atom is -0.462 e. The van der Waals surface area contributed by atoms with Gasteiger partial charge in [0.1, 0.15) is 12.7 Å². The maximum Gasteiger partial charge on any atom is 0.306 e. The zero-order valence-electron chi connectivity index (χ0n) is 35.6. The van der Waals surface area contributed by atoms with Crippen LogP contribution in [0, 0.1) is 6.42 Å². The molecule has 0 unspecified atom stereocenters. The molecule has 0 aromatic rings. The highest BCUT2D eigenvalue weighted by Crippen LogP contribution is 2.16. The molecule has 0 aromatic carbocycles. The van der Waals surface area contributed by atoms with Crippen LogP contribution in [0.4, 0.5) is 0 Å². The Morgan fingerprint density at radius 2 is 0.815 bits per heavy atom. The number of amides is 1. The molecule has 1 amide bonds. The van der Waals surface area contributed by atoms with Crippen molar-refractivity contribution in [2.24, 2.45) is 0 Å². The molecule has 0 spiro atoms. The minimum atomic E-state index is -1.00. The number of carbonyl (C=O) groups is 4. The van der Waals surface area contributed by atoms with Crippen molar-refractivity contribution in [1.29, 1.82) is 0 Å². The Morgan fingerprint density at radius 1 is 0.481 bits per heavy atom. The Labute approximate surface area is 339 Å². The van der Waals surface area contributed by atoms with Crippen molar-refractivity contribution in [3.63, 3.8) is 0 Å². The molecule has 7 nitrogen and oxygen atoms in total. The first kappa shape index (κ1) is 52.4. The minimum absolute atomic E-state index is 0.122. The number of hydrogen-bond acceptors (Lipinski definition) is 7. The van der Waals surface area contributed by atoms with E-state index in [1.165, 1.54) is 148 Å². The van der Waals surface area contributed by atoms with E-state index in [1.54, 1.807) is 0 Å². The van der Waals surface area contributed by atoms with Crippen LogP contribution >= 0.6 is 12.6 Å². The summed E-state index contributed by atoms with van der Waals surface area (Å²) in [5.41, 5.74) is 0. The van der Waals surface area contributed by atoms with E-state index < -0.39 is 18.1 Å². The third kappa shape index (κ3) is 36.1. The molecule has 317 valence electrons. The van der Waals surface area contributed by atoms with Crippen molar-refractivity contribution in [3.8, 4) is 0 Å². The average Bonchev–Trinajstić information content (AvgIpc) is 3.16. The quantitative estimate of drug-likeness (QED) is 0.0364. The van der Waals surface area contributed by atoms with Gasteiger partial charge in [-0.15, -0.1) is 0 Å². The molecular weight excluding hydrogens is 695 g/mol. The zero-order valence-corrected chi connectivity index (χ0v) is 36.5. The van der Waals surface area contributed by atoms with Crippen molar-refractivity contribution < 1.29 is 28.7 Å². The van der Waals surface area contributed by atoms with E-state index in [1.807, 2.05) is 0 Å². The van der Waals surface area contributed by atoms with Gasteiger partial charge in [-0.25, -0.2) is 0 Å². The van der Waals surface area contributed by atoms with E-state index in [0.29, 0.717) is 12.8 Å². The molecule has 0 aliphatic rings. The largest absolute Gasteiger partial charge is 0.462 e. The number of ketones is 1. The number of esters is 2. The number of rotatable bonds is 42. The molecule has 2 atom stereocenters. The first-order valence-corrected chi connectivity index (χ1v) is 23.6. The first-order chi connectivity index (χ1) is 26.4. The van der Waals surface area contributed by atoms with Gasteiger partial charge < -0.3 is 14.8 Å². The lowest BCUT2D eigenvalue weighted by molar-refractivity contribution is -0.158. The summed E-state index contributed by atoms with van der Waals surface area (Å²) < 4.78 is 11.2. The number of nitrogens with one attached hydrogen (secondary N) is 1. The SMILES string of the molecule is CCCCCCCCCCCCCCCC(=O)N[C@H](CS)C(=O)[CH][C@H](COC(=O)CCCCCCCCCCC)OC(=O)CCCCCCCCCCC. The van der Waals surface area contributed by atoms with E-state index in [-0.39, 0.29) is 36.4 Å². The van der Waals surface area contributed by atoms with E-state index in [0.717, 1.165) is 57.8 Å². The van der Waals surface area contributed by atoms with Gasteiger partial charge in [0.2, 0.25) is 5.91 Å². The predicted octanol–water partition coefficient (Wildman–Crippen LogP) is 13.0. The molecule has 54 heavy (non-hydrogen) atoms. The van der Waals surface area contributed by atoms with Gasteiger partial charge in [0, 0.05) is 25.0 Å². The summed E-state index contributed by atoms with van der Waals surface area (Å²) >= 11 is 4.33. The molecule has 0 aliphatic heterocycles. The van der Waals surface area contributed by atoms with Crippen molar-refractivity contribution in [2.75, 3.05) is 12.4 Å². The van der Waals surface area contributed by atoms with Gasteiger partial charge in [0.25, 0.3) is 0 Å². The second-order valence-electron chi connectivity index (χ2n) is 15.7. The molecule has 1 N–H and O–H groups in total. The van der Waals surface area contributed by atoms with E-state index in [2.05, 4.69) is 38.7 Å². The van der Waals surface area contributed by atoms with Gasteiger partial charge in [-0.05, 0) is 19.3 Å². The number of unbranched alkanes of at least 4 members (excludes halogenated alkanes) is 28. The van der Waals surface area contributed by atoms with Crippen molar-refractivity contribution >= 4 is 36.3 Å². The molecule has 0 fully saturated rings. The third-order valence-corrected chi connectivity index (χ3v) is 10.7. The van der Waals surface area contributed by atoms with Crippen LogP contribution < -0.4 is 5.32 Å². The fraction of sp³-hybridized carbons (Fsp3) is 0.891. The van der Waals surface area contributed by atoms with Gasteiger partial charge in [0.15, 0.2) is 5.78 Å². The van der Waals surface area contributed by atoms with Crippen molar-refractivity contribution in [2.45, 2.75) is 251 Å². The smallest absolute Gasteiger partial charge is 0.306 e. The van der Waals surface area contributed by atoms with Crippen LogP contribution in [0.25, 0.3) is 0 Å². The van der Waals surface area contributed by atoms with Crippen LogP contribution in [0.15, 0.2) is 0 Å². The predicted molar refractivity (Wildman–Crippen MR) is 230 cm³/mol. The lowest BCUT2D eigenvalue weighted by Crippen LogP contribution is -2.44. The summed E-state index contributed by atoms with van der Waals surface area (Å²) in [5, 5.41) is 2.82. The summed E-state index contributed by atoms with van der Waals surface area (Å²) in [6.45, 7) is 6.49. The second kappa shape index (κ2) is 41.1. The van der Waals surface area contributed by atoms with Gasteiger partial charge in [-0.1, -0.05) is 201 Å². The normalized spacial score (nSPS) is 12.4. The summed E-state index contributed by atoms with van der Waals surface area (Å²) in [7, 11) is 0. The lowest BCUT2D eigenvalue weighted by atomic mass is 10.0. The highest BCUT2D eigenvalue weighted by Gasteiger charge is 2.26. The van der Waals surface area contributed by atoms with Crippen LogP contribution in [0.5, 0.6) is 0 Å². The number of thiol groups is 1. The van der Waals surface area contributed by atoms with Crippen molar-refractivity contribution in [3.05, 3.63) is 6.42 Å². The standard InChI is InChI=1S/C46H86NO6S/c1-4-7-10-13-16-19-20-21-22-25-26-29-32-35-44(49)47-42(40-54)43(48)38-41(53-46(51)37-34-31-28-24-18-15-12-9-6-3)39-52-45(50)36-33-30-27-23-17-14-11-8-5-2/h38,41-42,54H,4-37,39-40H2,1-3H3,(H,47,49)/t41-,42-/m1/s1. The molecule has 0 saturated carbocycles. The van der Waals surface area contributed by atoms with Crippen molar-refractivity contribution in [1.82, 2.24) is 5.32 Å². The van der Waals surface area contributed by atoms with Crippen LogP contribution in [-0.4, -0.2) is 48.1 Å². The van der Waals surface area contributed by atoms with E-state index >= 15 is 0 Å². The Hall–Kier alpha value is -1.57. The Kier molecular flexibility index (Phi) is 39.9. The first-order valence-electron chi connectivity index (χ1n) is 23.0. The fourth-order valence-corrected chi connectivity index (χ4v) is 7.10. The van der Waals surface area contributed by atoms with Gasteiger partial charge in [0.05, 0.1) is 12.5 Å². The summed E-state index contributed by atoms with van der Waals surface area (Å²) in [6.07, 6.45) is 38.0. The summed E-state index contributed by atoms with van der Waals surface area (Å²) in [6, 6.07) is -0.834. The molecule has 0 heterocycles. The Balaban J connectivity index is 4.64. The number of carbonyl (C=O) groups excluding carboxylic acids is 4. The number of Topliss-reactive ketones (excluding diaryl/α,β-unsaturated/α-hetero) is 1. The summed E-state index contributed by atoms with van der Waals surface area (Å²) in [5.74, 6) is -1.20. The molecule has 1 radical (unpaired) electrons. The molecule has 0 aliphatic carbocycles. The lowest BCUT2D eigenvalue weighted by Gasteiger charge is -2.21. The second-order valence-corrected chi connectivity index (χ2v) is 16.1. The monoisotopic (exact) mass is 781 g/mol. The highest BCUT2D eigenvalue weighted by atomic mass is 32.1.